The molecule has 1 saturated heterocycles. The topological polar surface area (TPSA) is 51.4 Å². The predicted molar refractivity (Wildman–Crippen MR) is 114 cm³/mol. The van der Waals surface area contributed by atoms with Crippen molar-refractivity contribution in [2.24, 2.45) is 0 Å². The minimum Gasteiger partial charge on any atom is -0.361 e. The summed E-state index contributed by atoms with van der Waals surface area (Å²) in [5, 5.41) is 4.97. The zero-order valence-corrected chi connectivity index (χ0v) is 16.6. The average molecular weight is 397 g/mol. The molecule has 0 bridgehead atoms. The Hall–Kier alpha value is -2.50. The van der Waals surface area contributed by atoms with Crippen molar-refractivity contribution in [2.75, 3.05) is 32.7 Å². The first kappa shape index (κ1) is 18.8. The monoisotopic (exact) mass is 396 g/mol. The van der Waals surface area contributed by atoms with Crippen molar-refractivity contribution in [3.05, 3.63) is 70.9 Å². The van der Waals surface area contributed by atoms with Crippen LogP contribution in [0.2, 0.25) is 5.02 Å². The third kappa shape index (κ3) is 4.32. The summed E-state index contributed by atoms with van der Waals surface area (Å²) < 4.78 is 0. The maximum atomic E-state index is 12.4. The van der Waals surface area contributed by atoms with Crippen molar-refractivity contribution in [2.45, 2.75) is 13.0 Å². The number of aromatic nitrogens is 1. The smallest absolute Gasteiger partial charge is 0.317 e. The number of H-pyrrole nitrogens is 1. The van der Waals surface area contributed by atoms with Gasteiger partial charge in [0.2, 0.25) is 0 Å². The van der Waals surface area contributed by atoms with Gasteiger partial charge in [0.05, 0.1) is 0 Å². The molecule has 0 spiro atoms. The molecule has 2 heterocycles. The van der Waals surface area contributed by atoms with Gasteiger partial charge in [-0.25, -0.2) is 4.79 Å². The van der Waals surface area contributed by atoms with Gasteiger partial charge in [-0.05, 0) is 29.7 Å². The number of halogens is 1. The Morgan fingerprint density at radius 3 is 2.57 bits per heavy atom. The van der Waals surface area contributed by atoms with Crippen molar-refractivity contribution in [1.82, 2.24) is 20.1 Å². The number of para-hydroxylation sites is 1. The highest BCUT2D eigenvalue weighted by Gasteiger charge is 2.21. The van der Waals surface area contributed by atoms with E-state index in [-0.39, 0.29) is 6.03 Å². The molecule has 4 rings (SSSR count). The fourth-order valence-corrected chi connectivity index (χ4v) is 3.92. The molecule has 2 amide bonds. The number of hydrogen-bond donors (Lipinski definition) is 2. The number of nitrogens with one attached hydrogen (secondary N) is 2. The Morgan fingerprint density at radius 2 is 1.75 bits per heavy atom. The van der Waals surface area contributed by atoms with Crippen LogP contribution in [0, 0.1) is 0 Å². The number of benzene rings is 2. The molecule has 0 aliphatic carbocycles. The molecule has 1 aliphatic heterocycles. The van der Waals surface area contributed by atoms with Gasteiger partial charge in [-0.2, -0.15) is 0 Å². The van der Waals surface area contributed by atoms with Crippen LogP contribution >= 0.6 is 11.6 Å². The molecule has 0 saturated carbocycles. The lowest BCUT2D eigenvalue weighted by molar-refractivity contribution is 0.140. The number of hydrogen-bond acceptors (Lipinski definition) is 2. The zero-order chi connectivity index (χ0) is 19.3. The van der Waals surface area contributed by atoms with Crippen LogP contribution in [0.3, 0.4) is 0 Å². The van der Waals surface area contributed by atoms with Gasteiger partial charge in [0.15, 0.2) is 0 Å². The molecule has 2 aromatic carbocycles. The van der Waals surface area contributed by atoms with Crippen LogP contribution in [0.4, 0.5) is 4.79 Å². The maximum absolute atomic E-state index is 12.4. The Labute approximate surface area is 170 Å². The molecule has 0 atom stereocenters. The van der Waals surface area contributed by atoms with E-state index in [4.69, 9.17) is 11.6 Å². The maximum Gasteiger partial charge on any atom is 0.317 e. The number of fused-ring (bicyclic) bond motifs is 1. The lowest BCUT2D eigenvalue weighted by atomic mass is 10.1. The van der Waals surface area contributed by atoms with E-state index in [0.29, 0.717) is 11.6 Å². The van der Waals surface area contributed by atoms with E-state index in [9.17, 15) is 4.79 Å². The van der Waals surface area contributed by atoms with Gasteiger partial charge in [0.25, 0.3) is 0 Å². The fourth-order valence-electron chi connectivity index (χ4n) is 3.72. The van der Waals surface area contributed by atoms with Gasteiger partial charge in [0, 0.05) is 61.4 Å². The Bertz CT molecular complexity index is 946. The quantitative estimate of drug-likeness (QED) is 0.687. The lowest BCUT2D eigenvalue weighted by Gasteiger charge is -2.34. The van der Waals surface area contributed by atoms with Crippen LogP contribution < -0.4 is 5.32 Å². The summed E-state index contributed by atoms with van der Waals surface area (Å²) in [7, 11) is 0. The van der Waals surface area contributed by atoms with Gasteiger partial charge in [-0.1, -0.05) is 48.0 Å². The van der Waals surface area contributed by atoms with E-state index in [1.54, 1.807) is 0 Å². The molecule has 6 heteroatoms. The third-order valence-corrected chi connectivity index (χ3v) is 5.79. The van der Waals surface area contributed by atoms with Crippen LogP contribution in [0.5, 0.6) is 0 Å². The molecular weight excluding hydrogens is 372 g/mol. The number of carbonyl (C=O) groups is 1. The van der Waals surface area contributed by atoms with Gasteiger partial charge < -0.3 is 15.2 Å². The Morgan fingerprint density at radius 1 is 1.00 bits per heavy atom. The SMILES string of the molecule is O=C(NCc1ccccc1Cl)N1CCN(CCc2c[nH]c3ccccc23)CC1. The highest BCUT2D eigenvalue weighted by Crippen LogP contribution is 2.19. The molecule has 1 fully saturated rings. The fraction of sp³-hybridized carbons (Fsp3) is 0.318. The summed E-state index contributed by atoms with van der Waals surface area (Å²) in [6, 6.07) is 16.0. The van der Waals surface area contributed by atoms with Crippen molar-refractivity contribution < 1.29 is 4.79 Å². The standard InChI is InChI=1S/C22H25ClN4O/c23-20-7-3-1-5-18(20)16-25-22(28)27-13-11-26(12-14-27)10-9-17-15-24-21-8-4-2-6-19(17)21/h1-8,15,24H,9-14,16H2,(H,25,28). The lowest BCUT2D eigenvalue weighted by Crippen LogP contribution is -2.51. The first-order chi connectivity index (χ1) is 13.7. The number of urea groups is 1. The highest BCUT2D eigenvalue weighted by atomic mass is 35.5. The Balaban J connectivity index is 1.23. The largest absolute Gasteiger partial charge is 0.361 e. The number of aromatic amines is 1. The van der Waals surface area contributed by atoms with Crippen LogP contribution in [-0.4, -0.2) is 53.5 Å². The van der Waals surface area contributed by atoms with Gasteiger partial charge >= 0.3 is 6.03 Å². The van der Waals surface area contributed by atoms with Crippen LogP contribution in [0.25, 0.3) is 10.9 Å². The second-order valence-corrected chi connectivity index (χ2v) is 7.60. The van der Waals surface area contributed by atoms with Crippen molar-refractivity contribution >= 4 is 28.5 Å². The summed E-state index contributed by atoms with van der Waals surface area (Å²) in [5.74, 6) is 0. The van der Waals surface area contributed by atoms with Crippen LogP contribution in [-0.2, 0) is 13.0 Å². The zero-order valence-electron chi connectivity index (χ0n) is 15.8. The predicted octanol–water partition coefficient (Wildman–Crippen LogP) is 3.89. The number of amides is 2. The molecular formula is C22H25ClN4O. The first-order valence-corrected chi connectivity index (χ1v) is 10.1. The minimum absolute atomic E-state index is 0.0174. The normalized spacial score (nSPS) is 15.1. The molecule has 0 radical (unpaired) electrons. The second kappa shape index (κ2) is 8.67. The van der Waals surface area contributed by atoms with Crippen molar-refractivity contribution in [1.29, 1.82) is 0 Å². The van der Waals surface area contributed by atoms with Gasteiger partial charge in [-0.15, -0.1) is 0 Å². The summed E-state index contributed by atoms with van der Waals surface area (Å²) in [4.78, 5) is 20.1. The molecule has 28 heavy (non-hydrogen) atoms. The summed E-state index contributed by atoms with van der Waals surface area (Å²) in [6.45, 7) is 4.78. The molecule has 5 nitrogen and oxygen atoms in total. The Kier molecular flexibility index (Phi) is 5.84. The molecule has 146 valence electrons. The van der Waals surface area contributed by atoms with E-state index < -0.39 is 0 Å². The van der Waals surface area contributed by atoms with Gasteiger partial charge in [-0.3, -0.25) is 4.90 Å². The number of rotatable bonds is 5. The summed E-state index contributed by atoms with van der Waals surface area (Å²) in [5.41, 5.74) is 3.49. The van der Waals surface area contributed by atoms with E-state index >= 15 is 0 Å². The number of piperazine rings is 1. The average Bonchev–Trinajstić information content (AvgIpc) is 3.15. The van der Waals surface area contributed by atoms with Crippen molar-refractivity contribution in [3.63, 3.8) is 0 Å². The van der Waals surface area contributed by atoms with E-state index in [1.807, 2.05) is 29.2 Å². The molecule has 1 aliphatic rings. The molecule has 2 N–H and O–H groups in total. The van der Waals surface area contributed by atoms with E-state index in [2.05, 4.69) is 45.7 Å². The minimum atomic E-state index is -0.0174. The van der Waals surface area contributed by atoms with E-state index in [0.717, 1.165) is 44.7 Å². The molecule has 3 aromatic rings. The summed E-state index contributed by atoms with van der Waals surface area (Å²) >= 11 is 6.15. The summed E-state index contributed by atoms with van der Waals surface area (Å²) in [6.07, 6.45) is 3.13. The number of nitrogens with zero attached hydrogens (tertiary/aromatic N) is 2. The molecule has 0 unspecified atom stereocenters. The van der Waals surface area contributed by atoms with E-state index in [1.165, 1.54) is 16.5 Å². The first-order valence-electron chi connectivity index (χ1n) is 9.74. The number of carbonyl (C=O) groups excluding carboxylic acids is 1. The second-order valence-electron chi connectivity index (χ2n) is 7.19. The van der Waals surface area contributed by atoms with Crippen molar-refractivity contribution in [3.8, 4) is 0 Å². The molecule has 1 aromatic heterocycles. The van der Waals surface area contributed by atoms with Crippen LogP contribution in [0.1, 0.15) is 11.1 Å². The highest BCUT2D eigenvalue weighted by molar-refractivity contribution is 6.31. The van der Waals surface area contributed by atoms with Crippen LogP contribution in [0.15, 0.2) is 54.7 Å². The van der Waals surface area contributed by atoms with Gasteiger partial charge in [0.1, 0.15) is 0 Å². The third-order valence-electron chi connectivity index (χ3n) is 5.42.